The molecular formula is C28H34O4. The lowest BCUT2D eigenvalue weighted by Crippen LogP contribution is -2.24. The Morgan fingerprint density at radius 3 is 1.41 bits per heavy atom. The molecule has 0 fully saturated rings. The van der Waals surface area contributed by atoms with E-state index in [0.717, 1.165) is 22.3 Å². The number of hydrogen-bond acceptors (Lipinski definition) is 4. The van der Waals surface area contributed by atoms with Gasteiger partial charge in [-0.15, -0.1) is 0 Å². The first kappa shape index (κ1) is 23.5. The standard InChI is InChI=1S/C28H34O4/c1-7-31-25-17-21(29)12-14-23(25)27(3,4)19-10-9-11-20(16-19)28(5,6)24-15-13-22(30)18-26(24)32-8-2/h9-18,29-30H,7-8H2,1-6H3. The Kier molecular flexibility index (Phi) is 6.73. The second-order valence-corrected chi connectivity index (χ2v) is 9.06. The largest absolute Gasteiger partial charge is 0.508 e. The van der Waals surface area contributed by atoms with Crippen molar-refractivity contribution in [1.29, 1.82) is 0 Å². The van der Waals surface area contributed by atoms with E-state index in [4.69, 9.17) is 9.47 Å². The summed E-state index contributed by atoms with van der Waals surface area (Å²) in [5.41, 5.74) is 3.64. The molecule has 0 radical (unpaired) electrons. The van der Waals surface area contributed by atoms with Gasteiger partial charge < -0.3 is 19.7 Å². The van der Waals surface area contributed by atoms with E-state index in [1.807, 2.05) is 26.0 Å². The van der Waals surface area contributed by atoms with E-state index in [1.54, 1.807) is 24.3 Å². The molecule has 0 atom stereocenters. The molecule has 2 N–H and O–H groups in total. The zero-order chi connectivity index (χ0) is 23.5. The van der Waals surface area contributed by atoms with Crippen LogP contribution in [0.1, 0.15) is 63.8 Å². The lowest BCUT2D eigenvalue weighted by molar-refractivity contribution is 0.328. The number of ether oxygens (including phenoxy) is 2. The van der Waals surface area contributed by atoms with Crippen LogP contribution in [0.3, 0.4) is 0 Å². The highest BCUT2D eigenvalue weighted by Crippen LogP contribution is 2.43. The second kappa shape index (κ2) is 9.15. The molecular weight excluding hydrogens is 400 g/mol. The molecule has 170 valence electrons. The Morgan fingerprint density at radius 2 is 1.03 bits per heavy atom. The van der Waals surface area contributed by atoms with Crippen LogP contribution in [0, 0.1) is 0 Å². The number of benzene rings is 3. The molecule has 0 heterocycles. The summed E-state index contributed by atoms with van der Waals surface area (Å²) in [6.07, 6.45) is 0. The van der Waals surface area contributed by atoms with Crippen molar-refractivity contribution in [2.45, 2.75) is 52.4 Å². The lowest BCUT2D eigenvalue weighted by Gasteiger charge is -2.32. The van der Waals surface area contributed by atoms with Crippen LogP contribution < -0.4 is 9.47 Å². The van der Waals surface area contributed by atoms with Crippen LogP contribution in [-0.4, -0.2) is 23.4 Å². The van der Waals surface area contributed by atoms with Gasteiger partial charge in [-0.3, -0.25) is 0 Å². The van der Waals surface area contributed by atoms with Crippen LogP contribution in [0.25, 0.3) is 0 Å². The Balaban J connectivity index is 2.09. The molecule has 0 aromatic heterocycles. The number of hydrogen-bond donors (Lipinski definition) is 2. The van der Waals surface area contributed by atoms with E-state index in [1.165, 1.54) is 0 Å². The van der Waals surface area contributed by atoms with Gasteiger partial charge in [-0.25, -0.2) is 0 Å². The molecule has 0 aliphatic carbocycles. The average molecular weight is 435 g/mol. The number of aromatic hydroxyl groups is 2. The fourth-order valence-corrected chi connectivity index (χ4v) is 4.21. The van der Waals surface area contributed by atoms with Crippen LogP contribution in [0.2, 0.25) is 0 Å². The van der Waals surface area contributed by atoms with E-state index < -0.39 is 0 Å². The van der Waals surface area contributed by atoms with Crippen LogP contribution >= 0.6 is 0 Å². The Bertz CT molecular complexity index is 1000. The summed E-state index contributed by atoms with van der Waals surface area (Å²) in [5.74, 6) is 1.77. The van der Waals surface area contributed by atoms with Crippen molar-refractivity contribution in [2.24, 2.45) is 0 Å². The smallest absolute Gasteiger partial charge is 0.127 e. The third-order valence-corrected chi connectivity index (χ3v) is 6.18. The van der Waals surface area contributed by atoms with Gasteiger partial charge in [0.2, 0.25) is 0 Å². The molecule has 0 unspecified atom stereocenters. The molecule has 3 rings (SSSR count). The summed E-state index contributed by atoms with van der Waals surface area (Å²) < 4.78 is 11.7. The number of phenols is 2. The SMILES string of the molecule is CCOc1cc(O)ccc1C(C)(C)c1cccc(C(C)(C)c2ccc(O)cc2OCC)c1. The molecule has 3 aromatic carbocycles. The molecule has 0 amide bonds. The van der Waals surface area contributed by atoms with Crippen LogP contribution in [-0.2, 0) is 10.8 Å². The maximum Gasteiger partial charge on any atom is 0.127 e. The molecule has 0 saturated heterocycles. The average Bonchev–Trinajstić information content (AvgIpc) is 2.74. The van der Waals surface area contributed by atoms with Gasteiger partial charge in [-0.1, -0.05) is 64.1 Å². The topological polar surface area (TPSA) is 58.9 Å². The van der Waals surface area contributed by atoms with E-state index >= 15 is 0 Å². The molecule has 4 heteroatoms. The fraction of sp³-hybridized carbons (Fsp3) is 0.357. The lowest BCUT2D eigenvalue weighted by atomic mass is 9.73. The van der Waals surface area contributed by atoms with Crippen molar-refractivity contribution in [3.63, 3.8) is 0 Å². The molecule has 4 nitrogen and oxygen atoms in total. The summed E-state index contributed by atoms with van der Waals surface area (Å²) in [7, 11) is 0. The van der Waals surface area contributed by atoms with Crippen molar-refractivity contribution in [3.8, 4) is 23.0 Å². The maximum atomic E-state index is 9.96. The van der Waals surface area contributed by atoms with Crippen molar-refractivity contribution in [2.75, 3.05) is 13.2 Å². The maximum absolute atomic E-state index is 9.96. The third-order valence-electron chi connectivity index (χ3n) is 6.18. The predicted octanol–water partition coefficient (Wildman–Crippen LogP) is 6.55. The highest BCUT2D eigenvalue weighted by Gasteiger charge is 2.31. The highest BCUT2D eigenvalue weighted by molar-refractivity contribution is 5.53. The Labute approximate surface area is 191 Å². The van der Waals surface area contributed by atoms with Crippen LogP contribution in [0.4, 0.5) is 0 Å². The van der Waals surface area contributed by atoms with E-state index in [0.29, 0.717) is 24.7 Å². The molecule has 3 aromatic rings. The van der Waals surface area contributed by atoms with Crippen molar-refractivity contribution < 1.29 is 19.7 Å². The van der Waals surface area contributed by atoms with Gasteiger partial charge in [0.15, 0.2) is 0 Å². The first-order valence-corrected chi connectivity index (χ1v) is 11.1. The third kappa shape index (κ3) is 4.55. The zero-order valence-electron chi connectivity index (χ0n) is 19.9. The first-order valence-electron chi connectivity index (χ1n) is 11.1. The van der Waals surface area contributed by atoms with Gasteiger partial charge in [0.25, 0.3) is 0 Å². The molecule has 0 bridgehead atoms. The van der Waals surface area contributed by atoms with Gasteiger partial charge in [-0.2, -0.15) is 0 Å². The van der Waals surface area contributed by atoms with E-state index in [9.17, 15) is 10.2 Å². The van der Waals surface area contributed by atoms with Crippen LogP contribution in [0.5, 0.6) is 23.0 Å². The van der Waals surface area contributed by atoms with Crippen molar-refractivity contribution in [1.82, 2.24) is 0 Å². The predicted molar refractivity (Wildman–Crippen MR) is 129 cm³/mol. The quantitative estimate of drug-likeness (QED) is 0.422. The molecule has 32 heavy (non-hydrogen) atoms. The van der Waals surface area contributed by atoms with Crippen molar-refractivity contribution in [3.05, 3.63) is 82.9 Å². The van der Waals surface area contributed by atoms with Gasteiger partial charge in [-0.05, 0) is 37.1 Å². The zero-order valence-corrected chi connectivity index (χ0v) is 19.9. The second-order valence-electron chi connectivity index (χ2n) is 9.06. The summed E-state index contributed by atoms with van der Waals surface area (Å²) in [6, 6.07) is 19.2. The Hall–Kier alpha value is -3.14. The Morgan fingerprint density at radius 1 is 0.625 bits per heavy atom. The van der Waals surface area contributed by atoms with Gasteiger partial charge in [0.1, 0.15) is 23.0 Å². The highest BCUT2D eigenvalue weighted by atomic mass is 16.5. The summed E-state index contributed by atoms with van der Waals surface area (Å²) >= 11 is 0. The fourth-order valence-electron chi connectivity index (χ4n) is 4.21. The summed E-state index contributed by atoms with van der Waals surface area (Å²) in [5, 5.41) is 19.9. The first-order chi connectivity index (χ1) is 15.1. The monoisotopic (exact) mass is 434 g/mol. The minimum absolute atomic E-state index is 0.193. The van der Waals surface area contributed by atoms with E-state index in [2.05, 4.69) is 52.0 Å². The van der Waals surface area contributed by atoms with Gasteiger partial charge >= 0.3 is 0 Å². The molecule has 0 spiro atoms. The molecule has 0 saturated carbocycles. The van der Waals surface area contributed by atoms with Gasteiger partial charge in [0.05, 0.1) is 13.2 Å². The normalized spacial score (nSPS) is 11.9. The van der Waals surface area contributed by atoms with Crippen molar-refractivity contribution >= 4 is 0 Å². The molecule has 0 aliphatic rings. The minimum atomic E-state index is -0.345. The summed E-state index contributed by atoms with van der Waals surface area (Å²) in [4.78, 5) is 0. The molecule has 0 aliphatic heterocycles. The minimum Gasteiger partial charge on any atom is -0.508 e. The number of phenolic OH excluding ortho intramolecular Hbond substituents is 2. The van der Waals surface area contributed by atoms with Gasteiger partial charge in [0, 0.05) is 34.1 Å². The summed E-state index contributed by atoms with van der Waals surface area (Å²) in [6.45, 7) is 13.6. The van der Waals surface area contributed by atoms with E-state index in [-0.39, 0.29) is 22.3 Å². The number of rotatable bonds is 8. The van der Waals surface area contributed by atoms with Crippen LogP contribution in [0.15, 0.2) is 60.7 Å².